The van der Waals surface area contributed by atoms with Crippen LogP contribution in [-0.4, -0.2) is 60.6 Å². The van der Waals surface area contributed by atoms with Gasteiger partial charge in [-0.1, -0.05) is 6.07 Å². The van der Waals surface area contributed by atoms with Gasteiger partial charge in [-0.15, -0.1) is 0 Å². The first-order valence-electron chi connectivity index (χ1n) is 11.6. The number of pyridine rings is 2. The Bertz CT molecular complexity index is 1560. The molecule has 0 aliphatic carbocycles. The Morgan fingerprint density at radius 3 is 2.65 bits per heavy atom. The van der Waals surface area contributed by atoms with E-state index in [9.17, 15) is 18.8 Å². The van der Waals surface area contributed by atoms with Crippen LogP contribution in [0.2, 0.25) is 0 Å². The van der Waals surface area contributed by atoms with Crippen LogP contribution in [0.3, 0.4) is 0 Å². The van der Waals surface area contributed by atoms with E-state index in [1.54, 1.807) is 18.3 Å². The van der Waals surface area contributed by atoms with Crippen molar-refractivity contribution in [3.63, 3.8) is 0 Å². The first-order chi connectivity index (χ1) is 17.8. The molecule has 4 aromatic rings. The number of nitrogens with one attached hydrogen (secondary N) is 1. The second-order valence-corrected chi connectivity index (χ2v) is 8.89. The Morgan fingerprint density at radius 1 is 1.16 bits per heavy atom. The van der Waals surface area contributed by atoms with Crippen molar-refractivity contribution in [2.75, 3.05) is 19.0 Å². The molecule has 11 nitrogen and oxygen atoms in total. The van der Waals surface area contributed by atoms with Crippen molar-refractivity contribution >= 4 is 23.3 Å². The predicted octanol–water partition coefficient (Wildman–Crippen LogP) is 2.03. The van der Waals surface area contributed by atoms with E-state index in [-0.39, 0.29) is 54.4 Å². The number of halogens is 1. The van der Waals surface area contributed by atoms with Crippen LogP contribution in [-0.2, 0) is 22.6 Å². The molecular weight excluding hydrogens is 481 g/mol. The van der Waals surface area contributed by atoms with Crippen LogP contribution in [0, 0.1) is 12.7 Å². The van der Waals surface area contributed by atoms with Gasteiger partial charge in [-0.2, -0.15) is 9.61 Å². The number of methoxy groups -OCH3 is 1. The van der Waals surface area contributed by atoms with Gasteiger partial charge in [-0.05, 0) is 37.6 Å². The van der Waals surface area contributed by atoms with Gasteiger partial charge in [0.1, 0.15) is 35.2 Å². The summed E-state index contributed by atoms with van der Waals surface area (Å²) in [6, 6.07) is 7.49. The number of fused-ring (bicyclic) bond motifs is 2. The zero-order chi connectivity index (χ0) is 26.3. The van der Waals surface area contributed by atoms with Crippen LogP contribution in [0.15, 0.2) is 47.5 Å². The Labute approximate surface area is 210 Å². The normalized spacial score (nSPS) is 13.7. The van der Waals surface area contributed by atoms with Crippen molar-refractivity contribution in [2.45, 2.75) is 33.0 Å². The van der Waals surface area contributed by atoms with Crippen LogP contribution < -0.4 is 10.9 Å². The van der Waals surface area contributed by atoms with E-state index in [0.29, 0.717) is 11.4 Å². The maximum atomic E-state index is 13.5. The lowest BCUT2D eigenvalue weighted by Gasteiger charge is -2.23. The summed E-state index contributed by atoms with van der Waals surface area (Å²) in [4.78, 5) is 49.7. The molecular formula is C25H24FN7O4. The van der Waals surface area contributed by atoms with Crippen molar-refractivity contribution in [1.29, 1.82) is 0 Å². The van der Waals surface area contributed by atoms with Crippen molar-refractivity contribution in [3.05, 3.63) is 75.7 Å². The molecule has 1 unspecified atom stereocenters. The molecule has 0 fully saturated rings. The molecule has 5 rings (SSSR count). The molecule has 1 aliphatic rings. The third-order valence-electron chi connectivity index (χ3n) is 6.18. The fourth-order valence-electron chi connectivity index (χ4n) is 4.35. The number of hydrogen-bond acceptors (Lipinski definition) is 7. The van der Waals surface area contributed by atoms with Crippen LogP contribution in [0.5, 0.6) is 0 Å². The largest absolute Gasteiger partial charge is 0.383 e. The molecule has 5 heterocycles. The van der Waals surface area contributed by atoms with E-state index in [1.165, 1.54) is 33.2 Å². The Hall–Kier alpha value is -4.45. The number of hydrogen-bond donors (Lipinski definition) is 1. The Morgan fingerprint density at radius 2 is 1.97 bits per heavy atom. The highest BCUT2D eigenvalue weighted by atomic mass is 19.1. The Balaban J connectivity index is 1.61. The lowest BCUT2D eigenvalue weighted by molar-refractivity contribution is -0.116. The second-order valence-electron chi connectivity index (χ2n) is 8.89. The lowest BCUT2D eigenvalue weighted by atomic mass is 10.2. The maximum absolute atomic E-state index is 13.5. The van der Waals surface area contributed by atoms with Crippen molar-refractivity contribution < 1.29 is 18.7 Å². The van der Waals surface area contributed by atoms with E-state index in [4.69, 9.17) is 4.74 Å². The molecule has 0 aromatic carbocycles. The SMILES string of the molecule is COCC(C)N1Cc2c(n(CC(=O)Nc3ccc(F)cn3)c3cc(-c4ccc(C)cn4)nn3c2=O)C1=O. The lowest BCUT2D eigenvalue weighted by Crippen LogP contribution is -2.37. The summed E-state index contributed by atoms with van der Waals surface area (Å²) in [6.07, 6.45) is 2.68. The van der Waals surface area contributed by atoms with Crippen molar-refractivity contribution in [3.8, 4) is 11.4 Å². The number of aromatic nitrogens is 5. The van der Waals surface area contributed by atoms with Gasteiger partial charge in [0.15, 0.2) is 0 Å². The minimum atomic E-state index is -0.537. The average molecular weight is 506 g/mol. The van der Waals surface area contributed by atoms with Gasteiger partial charge in [0.25, 0.3) is 11.5 Å². The minimum Gasteiger partial charge on any atom is -0.383 e. The number of carbonyl (C=O) groups excluding carboxylic acids is 2. The highest BCUT2D eigenvalue weighted by Crippen LogP contribution is 2.26. The number of anilines is 1. The molecule has 37 heavy (non-hydrogen) atoms. The molecule has 1 atom stereocenters. The smallest absolute Gasteiger partial charge is 0.280 e. The van der Waals surface area contributed by atoms with E-state index in [1.807, 2.05) is 19.9 Å². The molecule has 0 saturated carbocycles. The van der Waals surface area contributed by atoms with E-state index in [2.05, 4.69) is 20.4 Å². The summed E-state index contributed by atoms with van der Waals surface area (Å²) >= 11 is 0. The highest BCUT2D eigenvalue weighted by Gasteiger charge is 2.37. The monoisotopic (exact) mass is 505 g/mol. The van der Waals surface area contributed by atoms with Crippen molar-refractivity contribution in [1.82, 2.24) is 29.0 Å². The highest BCUT2D eigenvalue weighted by molar-refractivity contribution is 5.98. The zero-order valence-electron chi connectivity index (χ0n) is 20.4. The fraction of sp³-hybridized carbons (Fsp3) is 0.280. The molecule has 0 bridgehead atoms. The number of carbonyl (C=O) groups is 2. The minimum absolute atomic E-state index is 0.0621. The molecule has 4 aromatic heterocycles. The van der Waals surface area contributed by atoms with Gasteiger partial charge in [0, 0.05) is 19.4 Å². The molecule has 1 N–H and O–H groups in total. The molecule has 0 spiro atoms. The topological polar surface area (TPSA) is 124 Å². The van der Waals surface area contributed by atoms with Crippen LogP contribution in [0.1, 0.15) is 28.5 Å². The number of nitrogens with zero attached hydrogens (tertiary/aromatic N) is 6. The van der Waals surface area contributed by atoms with Gasteiger partial charge < -0.3 is 19.5 Å². The first kappa shape index (κ1) is 24.3. The number of aryl methyl sites for hydroxylation is 1. The van der Waals surface area contributed by atoms with Gasteiger partial charge in [0.05, 0.1) is 36.6 Å². The zero-order valence-corrected chi connectivity index (χ0v) is 20.4. The van der Waals surface area contributed by atoms with Gasteiger partial charge in [-0.25, -0.2) is 9.37 Å². The summed E-state index contributed by atoms with van der Waals surface area (Å²) in [5.41, 5.74) is 2.10. The summed E-state index contributed by atoms with van der Waals surface area (Å²) in [5.74, 6) is -1.28. The summed E-state index contributed by atoms with van der Waals surface area (Å²) in [6.45, 7) is 3.76. The molecule has 12 heteroatoms. The summed E-state index contributed by atoms with van der Waals surface area (Å²) in [7, 11) is 1.53. The quantitative estimate of drug-likeness (QED) is 0.408. The summed E-state index contributed by atoms with van der Waals surface area (Å²) < 4.78 is 21.1. The van der Waals surface area contributed by atoms with Gasteiger partial charge in [-0.3, -0.25) is 19.4 Å². The van der Waals surface area contributed by atoms with Crippen molar-refractivity contribution in [2.24, 2.45) is 0 Å². The number of amides is 2. The first-order valence-corrected chi connectivity index (χ1v) is 11.6. The second kappa shape index (κ2) is 9.54. The van der Waals surface area contributed by atoms with Crippen LogP contribution in [0.4, 0.5) is 10.2 Å². The molecule has 190 valence electrons. The third-order valence-corrected chi connectivity index (χ3v) is 6.18. The van der Waals surface area contributed by atoms with E-state index < -0.39 is 17.3 Å². The molecule has 0 radical (unpaired) electrons. The predicted molar refractivity (Wildman–Crippen MR) is 131 cm³/mol. The van der Waals surface area contributed by atoms with E-state index >= 15 is 0 Å². The molecule has 1 aliphatic heterocycles. The summed E-state index contributed by atoms with van der Waals surface area (Å²) in [5, 5.41) is 7.06. The molecule has 2 amide bonds. The number of rotatable bonds is 7. The third kappa shape index (κ3) is 4.47. The van der Waals surface area contributed by atoms with Gasteiger partial charge in [0.2, 0.25) is 5.91 Å². The molecule has 0 saturated heterocycles. The fourth-order valence-corrected chi connectivity index (χ4v) is 4.35. The Kier molecular flexibility index (Phi) is 6.25. The standard InChI is InChI=1S/C25H24FN7O4/c1-14-4-6-18(27-9-14)19-8-22-32(12-21(34)29-20-7-5-16(26)10-28-20)23-17(24(35)33(22)30-19)11-31(25(23)36)15(2)13-37-3/h4-10,15H,11-13H2,1-3H3,(H,28,29,34). The van der Waals surface area contributed by atoms with Crippen LogP contribution in [0.25, 0.3) is 17.0 Å². The maximum Gasteiger partial charge on any atom is 0.280 e. The number of ether oxygens (including phenoxy) is 1. The average Bonchev–Trinajstić information content (AvgIpc) is 3.47. The van der Waals surface area contributed by atoms with Crippen LogP contribution >= 0.6 is 0 Å². The van der Waals surface area contributed by atoms with E-state index in [0.717, 1.165) is 11.8 Å². The van der Waals surface area contributed by atoms with Gasteiger partial charge >= 0.3 is 0 Å².